The van der Waals surface area contributed by atoms with Crippen LogP contribution in [0.25, 0.3) is 0 Å². The second-order valence-corrected chi connectivity index (χ2v) is 7.59. The molecule has 0 amide bonds. The van der Waals surface area contributed by atoms with Gasteiger partial charge in [0.1, 0.15) is 18.0 Å². The number of carbonyl (C=O) groups is 1. The Morgan fingerprint density at radius 3 is 2.74 bits per heavy atom. The van der Waals surface area contributed by atoms with Crippen LogP contribution in [0.3, 0.4) is 0 Å². The number of hydrogen-bond acceptors (Lipinski definition) is 4. The molecule has 1 aromatic carbocycles. The molecule has 0 heterocycles. The first-order valence-electron chi connectivity index (χ1n) is 9.30. The number of ether oxygens (including phenoxy) is 2. The van der Waals surface area contributed by atoms with E-state index in [-0.39, 0.29) is 62.9 Å². The van der Waals surface area contributed by atoms with Gasteiger partial charge in [0.2, 0.25) is 0 Å². The van der Waals surface area contributed by atoms with Crippen LogP contribution in [0.2, 0.25) is 0 Å². The Bertz CT molecular complexity index is 625. The van der Waals surface area contributed by atoms with E-state index in [0.717, 1.165) is 17.7 Å². The summed E-state index contributed by atoms with van der Waals surface area (Å²) in [5.41, 5.74) is 1.50. The summed E-state index contributed by atoms with van der Waals surface area (Å²) in [6.07, 6.45) is 2.10. The molecule has 0 N–H and O–H groups in total. The van der Waals surface area contributed by atoms with Crippen molar-refractivity contribution in [3.63, 3.8) is 0 Å². The third-order valence-corrected chi connectivity index (χ3v) is 5.37. The van der Waals surface area contributed by atoms with E-state index in [9.17, 15) is 9.18 Å². The fraction of sp³-hybridized carbons (Fsp3) is 0.619. The van der Waals surface area contributed by atoms with Crippen LogP contribution in [-0.2, 0) is 53.4 Å². The van der Waals surface area contributed by atoms with Crippen LogP contribution in [0.15, 0.2) is 18.2 Å². The number of hydrogen-bond donors (Lipinski definition) is 0. The van der Waals surface area contributed by atoms with Gasteiger partial charge in [0.25, 0.3) is 0 Å². The summed E-state index contributed by atoms with van der Waals surface area (Å²) in [6, 6.07) is 4.98. The number of esters is 1. The molecule has 0 aromatic heterocycles. The molecule has 2 atom stereocenters. The number of rotatable bonds is 8. The van der Waals surface area contributed by atoms with Crippen LogP contribution in [0, 0.1) is 18.7 Å². The SMILES string of the molecule is [CH2-]CN(C)CCC1(OC(=O)COC)CCc2cc(F)ccc2C1C(C)C.[Y]. The molecule has 0 fully saturated rings. The second-order valence-electron chi connectivity index (χ2n) is 7.59. The fourth-order valence-corrected chi connectivity index (χ4v) is 4.16. The maximum atomic E-state index is 13.7. The maximum absolute atomic E-state index is 13.7. The molecule has 0 bridgehead atoms. The van der Waals surface area contributed by atoms with Crippen molar-refractivity contribution in [3.05, 3.63) is 42.1 Å². The summed E-state index contributed by atoms with van der Waals surface area (Å²) in [7, 11) is 3.50. The molecule has 0 saturated carbocycles. The van der Waals surface area contributed by atoms with E-state index in [1.807, 2.05) is 13.1 Å². The number of methoxy groups -OCH3 is 1. The Morgan fingerprint density at radius 2 is 2.15 bits per heavy atom. The Balaban J connectivity index is 0.00000364. The normalized spacial score (nSPS) is 21.7. The van der Waals surface area contributed by atoms with Crippen LogP contribution >= 0.6 is 0 Å². The molecule has 1 radical (unpaired) electrons. The minimum Gasteiger partial charge on any atom is -0.457 e. The van der Waals surface area contributed by atoms with Crippen LogP contribution in [0.1, 0.15) is 43.7 Å². The largest absolute Gasteiger partial charge is 0.457 e. The van der Waals surface area contributed by atoms with Gasteiger partial charge in [-0.25, -0.2) is 9.18 Å². The zero-order valence-corrected chi connectivity index (χ0v) is 19.8. The number of halogens is 1. The predicted octanol–water partition coefficient (Wildman–Crippen LogP) is 3.59. The van der Waals surface area contributed by atoms with Crippen molar-refractivity contribution in [2.45, 2.75) is 44.6 Å². The Kier molecular flexibility index (Phi) is 10.0. The molecular weight excluding hydrogens is 422 g/mol. The van der Waals surface area contributed by atoms with Crippen molar-refractivity contribution in [2.24, 2.45) is 5.92 Å². The van der Waals surface area contributed by atoms with Crippen molar-refractivity contribution in [2.75, 3.05) is 33.9 Å². The topological polar surface area (TPSA) is 38.8 Å². The van der Waals surface area contributed by atoms with Crippen molar-refractivity contribution in [1.29, 1.82) is 0 Å². The van der Waals surface area contributed by atoms with Crippen LogP contribution in [-0.4, -0.2) is 50.3 Å². The fourth-order valence-electron chi connectivity index (χ4n) is 4.16. The van der Waals surface area contributed by atoms with Crippen molar-refractivity contribution in [1.82, 2.24) is 4.90 Å². The summed E-state index contributed by atoms with van der Waals surface area (Å²) in [4.78, 5) is 14.4. The monoisotopic (exact) mass is 453 g/mol. The molecular formula is C21H31FNO3Y-. The molecule has 0 aliphatic heterocycles. The molecule has 0 spiro atoms. The smallest absolute Gasteiger partial charge is 0.332 e. The molecule has 149 valence electrons. The Labute approximate surface area is 188 Å². The first-order chi connectivity index (χ1) is 12.3. The number of carbonyl (C=O) groups excluding carboxylic acids is 1. The van der Waals surface area contributed by atoms with Gasteiger partial charge in [0, 0.05) is 52.2 Å². The van der Waals surface area contributed by atoms with Gasteiger partial charge >= 0.3 is 5.97 Å². The molecule has 2 unspecified atom stereocenters. The third kappa shape index (κ3) is 6.06. The molecule has 0 saturated heterocycles. The molecule has 2 rings (SSSR count). The quantitative estimate of drug-likeness (QED) is 0.446. The van der Waals surface area contributed by atoms with E-state index in [2.05, 4.69) is 25.7 Å². The molecule has 1 aliphatic carbocycles. The summed E-state index contributed by atoms with van der Waals surface area (Å²) in [5, 5.41) is 0. The van der Waals surface area contributed by atoms with E-state index in [0.29, 0.717) is 25.8 Å². The number of aryl methyl sites for hydroxylation is 1. The van der Waals surface area contributed by atoms with Gasteiger partial charge in [-0.05, 0) is 55.6 Å². The number of fused-ring (bicyclic) bond motifs is 1. The predicted molar refractivity (Wildman–Crippen MR) is 100 cm³/mol. The third-order valence-electron chi connectivity index (χ3n) is 5.37. The minimum atomic E-state index is -0.613. The Hall–Kier alpha value is -0.356. The standard InChI is InChI=1S/C21H31FNO3.Y/c1-6-23(4)12-11-21(26-19(24)14-25-5)10-9-16-13-17(22)7-8-18(16)20(21)15(2)3;/h7-8,13,15,20H,1,6,9-12,14H2,2-5H3;/q-1;. The van der Waals surface area contributed by atoms with Gasteiger partial charge < -0.3 is 21.3 Å². The van der Waals surface area contributed by atoms with Gasteiger partial charge in [-0.15, -0.1) is 6.54 Å². The van der Waals surface area contributed by atoms with Crippen molar-refractivity contribution < 1.29 is 51.4 Å². The van der Waals surface area contributed by atoms with E-state index in [1.165, 1.54) is 13.2 Å². The first kappa shape index (κ1) is 24.7. The average molecular weight is 453 g/mol. The molecule has 4 nitrogen and oxygen atoms in total. The van der Waals surface area contributed by atoms with E-state index >= 15 is 0 Å². The summed E-state index contributed by atoms with van der Waals surface area (Å²) in [5.74, 6) is -0.293. The second kappa shape index (κ2) is 11.0. The molecule has 6 heteroatoms. The van der Waals surface area contributed by atoms with Gasteiger partial charge in [0.15, 0.2) is 0 Å². The van der Waals surface area contributed by atoms with E-state index in [4.69, 9.17) is 9.47 Å². The van der Waals surface area contributed by atoms with E-state index in [1.54, 1.807) is 6.07 Å². The van der Waals surface area contributed by atoms with Crippen LogP contribution in [0.4, 0.5) is 4.39 Å². The summed E-state index contributed by atoms with van der Waals surface area (Å²) in [6.45, 7) is 9.59. The number of nitrogens with zero attached hydrogens (tertiary/aromatic N) is 1. The van der Waals surface area contributed by atoms with Gasteiger partial charge in [-0.3, -0.25) is 0 Å². The summed E-state index contributed by atoms with van der Waals surface area (Å²) < 4.78 is 24.8. The zero-order valence-electron chi connectivity index (χ0n) is 17.0. The molecule has 27 heavy (non-hydrogen) atoms. The number of benzene rings is 1. The van der Waals surface area contributed by atoms with Crippen LogP contribution in [0.5, 0.6) is 0 Å². The van der Waals surface area contributed by atoms with Gasteiger partial charge in [-0.1, -0.05) is 19.9 Å². The van der Waals surface area contributed by atoms with Crippen molar-refractivity contribution >= 4 is 5.97 Å². The van der Waals surface area contributed by atoms with Gasteiger partial charge in [-0.2, -0.15) is 0 Å². The van der Waals surface area contributed by atoms with Crippen molar-refractivity contribution in [3.8, 4) is 0 Å². The molecule has 1 aromatic rings. The zero-order chi connectivity index (χ0) is 19.3. The van der Waals surface area contributed by atoms with E-state index < -0.39 is 5.60 Å². The first-order valence-corrected chi connectivity index (χ1v) is 9.30. The minimum absolute atomic E-state index is 0. The average Bonchev–Trinajstić information content (AvgIpc) is 2.59. The summed E-state index contributed by atoms with van der Waals surface area (Å²) >= 11 is 0. The Morgan fingerprint density at radius 1 is 1.44 bits per heavy atom. The maximum Gasteiger partial charge on any atom is 0.332 e. The molecule has 1 aliphatic rings. The van der Waals surface area contributed by atoms with Gasteiger partial charge in [0.05, 0.1) is 0 Å². The van der Waals surface area contributed by atoms with Crippen LogP contribution < -0.4 is 0 Å².